The Bertz CT molecular complexity index is 267. The van der Waals surface area contributed by atoms with Crippen molar-refractivity contribution in [2.45, 2.75) is 64.3 Å². The maximum absolute atomic E-state index is 5.80. The summed E-state index contributed by atoms with van der Waals surface area (Å²) in [4.78, 5) is 0. The van der Waals surface area contributed by atoms with Gasteiger partial charge in [-0.25, -0.2) is 0 Å². The second kappa shape index (κ2) is 7.23. The van der Waals surface area contributed by atoms with Crippen LogP contribution in [0.3, 0.4) is 0 Å². The van der Waals surface area contributed by atoms with Gasteiger partial charge in [0, 0.05) is 19.8 Å². The summed E-state index contributed by atoms with van der Waals surface area (Å²) in [5, 5.41) is 0. The first-order valence-corrected chi connectivity index (χ1v) is 9.87. The Morgan fingerprint density at radius 2 is 1.89 bits per heavy atom. The Morgan fingerprint density at radius 1 is 1.16 bits per heavy atom. The molecule has 5 unspecified atom stereocenters. The van der Waals surface area contributed by atoms with Crippen LogP contribution in [0, 0.1) is 23.7 Å². The van der Waals surface area contributed by atoms with E-state index < -0.39 is 9.28 Å². The highest BCUT2D eigenvalue weighted by Crippen LogP contribution is 2.55. The summed E-state index contributed by atoms with van der Waals surface area (Å²) in [5.41, 5.74) is 0.733. The standard InChI is InChI=1S/C16H32O2Si/c1-5-6-7-12(2)16(19(17-3)18-4)15-11-13-8-9-14(15)10-13/h12-16,19H,5-11H2,1-4H3. The van der Waals surface area contributed by atoms with E-state index in [1.165, 1.54) is 44.9 Å². The molecule has 3 heteroatoms. The van der Waals surface area contributed by atoms with Crippen LogP contribution in [0.2, 0.25) is 5.54 Å². The van der Waals surface area contributed by atoms with Crippen molar-refractivity contribution < 1.29 is 8.85 Å². The second-order valence-corrected chi connectivity index (χ2v) is 9.32. The molecule has 19 heavy (non-hydrogen) atoms. The third kappa shape index (κ3) is 3.42. The Morgan fingerprint density at radius 3 is 2.37 bits per heavy atom. The van der Waals surface area contributed by atoms with Crippen LogP contribution in [0.4, 0.5) is 0 Å². The van der Waals surface area contributed by atoms with E-state index in [2.05, 4.69) is 13.8 Å². The van der Waals surface area contributed by atoms with Crippen molar-refractivity contribution in [2.24, 2.45) is 23.7 Å². The minimum atomic E-state index is -1.49. The van der Waals surface area contributed by atoms with Crippen LogP contribution in [0.1, 0.15) is 58.8 Å². The summed E-state index contributed by atoms with van der Waals surface area (Å²) >= 11 is 0. The van der Waals surface area contributed by atoms with Gasteiger partial charge < -0.3 is 8.85 Å². The molecule has 0 heterocycles. The molecule has 0 aromatic rings. The molecule has 0 aromatic carbocycles. The van der Waals surface area contributed by atoms with Crippen molar-refractivity contribution in [3.63, 3.8) is 0 Å². The first kappa shape index (κ1) is 15.5. The maximum Gasteiger partial charge on any atom is 0.324 e. The van der Waals surface area contributed by atoms with E-state index in [1.807, 2.05) is 14.2 Å². The van der Waals surface area contributed by atoms with Gasteiger partial charge in [0.15, 0.2) is 0 Å². The molecule has 2 saturated carbocycles. The molecule has 0 aromatic heterocycles. The fourth-order valence-corrected chi connectivity index (χ4v) is 7.21. The minimum absolute atomic E-state index is 0.733. The molecule has 5 atom stereocenters. The zero-order valence-corrected chi connectivity index (χ0v) is 14.4. The number of hydrogen-bond donors (Lipinski definition) is 0. The van der Waals surface area contributed by atoms with Crippen molar-refractivity contribution in [1.82, 2.24) is 0 Å². The molecular formula is C16H32O2Si. The van der Waals surface area contributed by atoms with Crippen LogP contribution in [0.25, 0.3) is 0 Å². The Hall–Kier alpha value is 0.137. The van der Waals surface area contributed by atoms with E-state index in [9.17, 15) is 0 Å². The van der Waals surface area contributed by atoms with Gasteiger partial charge in [0.1, 0.15) is 0 Å². The summed E-state index contributed by atoms with van der Waals surface area (Å²) in [5.74, 6) is 3.70. The lowest BCUT2D eigenvalue weighted by Crippen LogP contribution is -2.37. The number of fused-ring (bicyclic) bond motifs is 2. The molecule has 2 aliphatic carbocycles. The number of unbranched alkanes of at least 4 members (excludes halogenated alkanes) is 1. The van der Waals surface area contributed by atoms with Crippen molar-refractivity contribution >= 4 is 9.28 Å². The van der Waals surface area contributed by atoms with Gasteiger partial charge in [-0.3, -0.25) is 0 Å². The van der Waals surface area contributed by atoms with E-state index in [0.29, 0.717) is 0 Å². The average Bonchev–Trinajstić information content (AvgIpc) is 3.04. The van der Waals surface area contributed by atoms with Gasteiger partial charge in [-0.15, -0.1) is 0 Å². The van der Waals surface area contributed by atoms with Crippen LogP contribution in [0.15, 0.2) is 0 Å². The molecular weight excluding hydrogens is 252 g/mol. The third-order valence-corrected chi connectivity index (χ3v) is 8.45. The number of hydrogen-bond acceptors (Lipinski definition) is 2. The lowest BCUT2D eigenvalue weighted by molar-refractivity contribution is 0.192. The van der Waals surface area contributed by atoms with Crippen LogP contribution in [0.5, 0.6) is 0 Å². The van der Waals surface area contributed by atoms with Crippen molar-refractivity contribution in [3.05, 3.63) is 0 Å². The highest BCUT2D eigenvalue weighted by Gasteiger charge is 2.47. The first-order chi connectivity index (χ1) is 9.21. The molecule has 0 spiro atoms. The summed E-state index contributed by atoms with van der Waals surface area (Å²) in [7, 11) is 2.24. The molecule has 0 N–H and O–H groups in total. The normalized spacial score (nSPS) is 33.0. The van der Waals surface area contributed by atoms with Gasteiger partial charge in [0.25, 0.3) is 0 Å². The SMILES string of the molecule is CCCCC(C)C(C1CC2CCC1C2)[SiH](OC)OC. The smallest absolute Gasteiger partial charge is 0.324 e. The molecule has 2 aliphatic rings. The molecule has 0 aliphatic heterocycles. The van der Waals surface area contributed by atoms with Gasteiger partial charge in [-0.2, -0.15) is 0 Å². The maximum atomic E-state index is 5.80. The first-order valence-electron chi connectivity index (χ1n) is 8.26. The molecule has 0 amide bonds. The largest absolute Gasteiger partial charge is 0.400 e. The highest BCUT2D eigenvalue weighted by molar-refractivity contribution is 6.46. The van der Waals surface area contributed by atoms with Crippen LogP contribution < -0.4 is 0 Å². The monoisotopic (exact) mass is 284 g/mol. The van der Waals surface area contributed by atoms with E-state index in [-0.39, 0.29) is 0 Å². The molecule has 112 valence electrons. The lowest BCUT2D eigenvalue weighted by Gasteiger charge is -2.37. The predicted octanol–water partition coefficient (Wildman–Crippen LogP) is 4.13. The summed E-state index contributed by atoms with van der Waals surface area (Å²) in [6, 6.07) is 0. The van der Waals surface area contributed by atoms with E-state index in [1.54, 1.807) is 0 Å². The molecule has 0 saturated heterocycles. The van der Waals surface area contributed by atoms with E-state index >= 15 is 0 Å². The van der Waals surface area contributed by atoms with E-state index in [0.717, 1.165) is 29.2 Å². The van der Waals surface area contributed by atoms with Crippen LogP contribution in [-0.2, 0) is 8.85 Å². The second-order valence-electron chi connectivity index (χ2n) is 6.88. The summed E-state index contributed by atoms with van der Waals surface area (Å²) in [6.45, 7) is 4.74. The summed E-state index contributed by atoms with van der Waals surface area (Å²) < 4.78 is 11.6. The Labute approximate surface area is 121 Å². The Kier molecular flexibility index (Phi) is 5.91. The fraction of sp³-hybridized carbons (Fsp3) is 1.00. The average molecular weight is 285 g/mol. The van der Waals surface area contributed by atoms with Crippen LogP contribution in [-0.4, -0.2) is 23.5 Å². The topological polar surface area (TPSA) is 18.5 Å². The van der Waals surface area contributed by atoms with Crippen molar-refractivity contribution in [1.29, 1.82) is 0 Å². The van der Waals surface area contributed by atoms with E-state index in [4.69, 9.17) is 8.85 Å². The lowest BCUT2D eigenvalue weighted by atomic mass is 9.80. The molecule has 2 bridgehead atoms. The van der Waals surface area contributed by atoms with Crippen LogP contribution >= 0.6 is 0 Å². The number of rotatable bonds is 8. The zero-order valence-electron chi connectivity index (χ0n) is 13.2. The minimum Gasteiger partial charge on any atom is -0.400 e. The van der Waals surface area contributed by atoms with Gasteiger partial charge in [0.2, 0.25) is 0 Å². The van der Waals surface area contributed by atoms with Crippen molar-refractivity contribution in [3.8, 4) is 0 Å². The van der Waals surface area contributed by atoms with Gasteiger partial charge in [-0.05, 0) is 42.9 Å². The zero-order chi connectivity index (χ0) is 13.8. The van der Waals surface area contributed by atoms with Gasteiger partial charge >= 0.3 is 9.28 Å². The Balaban J connectivity index is 2.05. The quantitative estimate of drug-likeness (QED) is 0.624. The summed E-state index contributed by atoms with van der Waals surface area (Å²) in [6.07, 6.45) is 9.93. The van der Waals surface area contributed by atoms with Gasteiger partial charge in [-0.1, -0.05) is 39.5 Å². The predicted molar refractivity (Wildman–Crippen MR) is 82.5 cm³/mol. The fourth-order valence-electron chi connectivity index (χ4n) is 4.79. The highest BCUT2D eigenvalue weighted by atomic mass is 28.3. The van der Waals surface area contributed by atoms with Crippen molar-refractivity contribution in [2.75, 3.05) is 14.2 Å². The third-order valence-electron chi connectivity index (χ3n) is 5.74. The molecule has 2 rings (SSSR count). The molecule has 2 nitrogen and oxygen atoms in total. The molecule has 0 radical (unpaired) electrons. The molecule has 2 fully saturated rings. The van der Waals surface area contributed by atoms with Gasteiger partial charge in [0.05, 0.1) is 0 Å².